The van der Waals surface area contributed by atoms with Gasteiger partial charge in [-0.05, 0) is 24.3 Å². The van der Waals surface area contributed by atoms with E-state index in [-0.39, 0.29) is 30.6 Å². The number of carbonyl (C=O) groups excluding carboxylic acids is 1. The summed E-state index contributed by atoms with van der Waals surface area (Å²) in [7, 11) is 1.58. The largest absolute Gasteiger partial charge is 0.454 e. The number of hydrogen-bond acceptors (Lipinski definition) is 8. The average molecular weight is 365 g/mol. The minimum Gasteiger partial charge on any atom is -0.454 e. The number of fused-ring (bicyclic) bond motifs is 1. The van der Waals surface area contributed by atoms with Crippen LogP contribution in [-0.2, 0) is 7.05 Å². The lowest BCUT2D eigenvalue weighted by Gasteiger charge is -2.11. The minimum absolute atomic E-state index is 0.0346. The normalized spacial score (nSPS) is 12.0. The van der Waals surface area contributed by atoms with E-state index in [0.717, 1.165) is 0 Å². The van der Waals surface area contributed by atoms with Crippen LogP contribution in [0.15, 0.2) is 47.7 Å². The third kappa shape index (κ3) is 3.34. The molecular formula is C18H15N5O4. The maximum atomic E-state index is 12.5. The fourth-order valence-electron chi connectivity index (χ4n) is 2.60. The highest BCUT2D eigenvalue weighted by Gasteiger charge is 2.17. The van der Waals surface area contributed by atoms with Crippen LogP contribution in [0.25, 0.3) is 11.4 Å². The molecule has 0 unspecified atom stereocenters. The van der Waals surface area contributed by atoms with Crippen LogP contribution in [-0.4, -0.2) is 38.6 Å². The summed E-state index contributed by atoms with van der Waals surface area (Å²) in [5.74, 6) is 1.25. The van der Waals surface area contributed by atoms with Crippen LogP contribution in [0.4, 0.5) is 5.95 Å². The van der Waals surface area contributed by atoms with E-state index in [1.807, 2.05) is 0 Å². The molecular weight excluding hydrogens is 350 g/mol. The quantitative estimate of drug-likeness (QED) is 0.673. The smallest absolute Gasteiger partial charge is 0.255 e. The molecule has 3 aromatic rings. The second kappa shape index (κ2) is 6.87. The van der Waals surface area contributed by atoms with E-state index < -0.39 is 0 Å². The standard InChI is InChI=1S/C18H15N5O4/c1-23-17(25)7-13(12-4-5-19-9-21-12)22-18(23)20-8-14(24)11-2-3-15-16(6-11)27-10-26-15/h2-7,9H,8,10H2,1H3,(H,20,22). The van der Waals surface area contributed by atoms with Gasteiger partial charge in [-0.15, -0.1) is 0 Å². The van der Waals surface area contributed by atoms with Crippen LogP contribution >= 0.6 is 0 Å². The summed E-state index contributed by atoms with van der Waals surface area (Å²) in [5.41, 5.74) is 1.13. The topological polar surface area (TPSA) is 108 Å². The zero-order chi connectivity index (χ0) is 18.8. The van der Waals surface area contributed by atoms with Gasteiger partial charge < -0.3 is 14.8 Å². The first kappa shape index (κ1) is 16.7. The Kier molecular flexibility index (Phi) is 4.25. The maximum absolute atomic E-state index is 12.5. The molecule has 1 aliphatic rings. The predicted octanol–water partition coefficient (Wildman–Crippen LogP) is 1.26. The zero-order valence-electron chi connectivity index (χ0n) is 14.4. The maximum Gasteiger partial charge on any atom is 0.255 e. The molecule has 0 amide bonds. The number of ketones is 1. The summed E-state index contributed by atoms with van der Waals surface area (Å²) in [6.07, 6.45) is 2.95. The molecule has 1 aromatic carbocycles. The van der Waals surface area contributed by atoms with Crippen LogP contribution in [0.5, 0.6) is 11.5 Å². The number of hydrogen-bond donors (Lipinski definition) is 1. The summed E-state index contributed by atoms with van der Waals surface area (Å²) in [6.45, 7) is 0.111. The number of nitrogens with zero attached hydrogens (tertiary/aromatic N) is 4. The summed E-state index contributed by atoms with van der Waals surface area (Å²) < 4.78 is 11.9. The van der Waals surface area contributed by atoms with Crippen LogP contribution in [0.2, 0.25) is 0 Å². The molecule has 2 aromatic heterocycles. The lowest BCUT2D eigenvalue weighted by Crippen LogP contribution is -2.24. The van der Waals surface area contributed by atoms with Gasteiger partial charge in [0.1, 0.15) is 6.33 Å². The van der Waals surface area contributed by atoms with E-state index in [0.29, 0.717) is 28.5 Å². The van der Waals surface area contributed by atoms with E-state index in [9.17, 15) is 9.59 Å². The highest BCUT2D eigenvalue weighted by Crippen LogP contribution is 2.32. The van der Waals surface area contributed by atoms with Gasteiger partial charge in [0.05, 0.1) is 17.9 Å². The molecule has 0 aliphatic carbocycles. The number of Topliss-reactive ketones (excluding diaryl/α,β-unsaturated/α-hetero) is 1. The van der Waals surface area contributed by atoms with Gasteiger partial charge in [-0.25, -0.2) is 15.0 Å². The van der Waals surface area contributed by atoms with Gasteiger partial charge in [0, 0.05) is 24.9 Å². The Labute approximate surface area is 153 Å². The minimum atomic E-state index is -0.267. The average Bonchev–Trinajstić information content (AvgIpc) is 3.17. The molecule has 0 saturated carbocycles. The highest BCUT2D eigenvalue weighted by molar-refractivity contribution is 5.99. The van der Waals surface area contributed by atoms with Gasteiger partial charge in [-0.3, -0.25) is 14.2 Å². The molecule has 9 nitrogen and oxygen atoms in total. The van der Waals surface area contributed by atoms with E-state index in [2.05, 4.69) is 20.3 Å². The SMILES string of the molecule is Cn1c(NCC(=O)c2ccc3c(c2)OCO3)nc(-c2ccncn2)cc1=O. The zero-order valence-corrected chi connectivity index (χ0v) is 14.4. The summed E-state index contributed by atoms with van der Waals surface area (Å²) >= 11 is 0. The molecule has 0 fully saturated rings. The number of benzene rings is 1. The molecule has 1 N–H and O–H groups in total. The van der Waals surface area contributed by atoms with Crippen LogP contribution in [0, 0.1) is 0 Å². The van der Waals surface area contributed by atoms with Gasteiger partial charge in [0.25, 0.3) is 5.56 Å². The van der Waals surface area contributed by atoms with Gasteiger partial charge in [0.15, 0.2) is 17.3 Å². The lowest BCUT2D eigenvalue weighted by atomic mass is 10.1. The molecule has 4 rings (SSSR count). The summed E-state index contributed by atoms with van der Waals surface area (Å²) in [5, 5.41) is 2.92. The van der Waals surface area contributed by atoms with Crippen molar-refractivity contribution in [2.75, 3.05) is 18.7 Å². The monoisotopic (exact) mass is 365 g/mol. The second-order valence-corrected chi connectivity index (χ2v) is 5.80. The first-order chi connectivity index (χ1) is 13.1. The van der Waals surface area contributed by atoms with Crippen LogP contribution in [0.3, 0.4) is 0 Å². The second-order valence-electron chi connectivity index (χ2n) is 5.80. The van der Waals surface area contributed by atoms with E-state index in [1.54, 1.807) is 37.5 Å². The van der Waals surface area contributed by atoms with Gasteiger partial charge in [0.2, 0.25) is 12.7 Å². The Morgan fingerprint density at radius 2 is 2.04 bits per heavy atom. The number of carbonyl (C=O) groups is 1. The molecule has 136 valence electrons. The summed E-state index contributed by atoms with van der Waals surface area (Å²) in [4.78, 5) is 37.0. The van der Waals surface area contributed by atoms with Crippen molar-refractivity contribution in [1.29, 1.82) is 0 Å². The van der Waals surface area contributed by atoms with E-state index in [4.69, 9.17) is 9.47 Å². The van der Waals surface area contributed by atoms with Crippen molar-refractivity contribution in [3.63, 3.8) is 0 Å². The molecule has 0 saturated heterocycles. The first-order valence-electron chi connectivity index (χ1n) is 8.13. The van der Waals surface area contributed by atoms with Crippen molar-refractivity contribution in [2.45, 2.75) is 0 Å². The number of rotatable bonds is 5. The lowest BCUT2D eigenvalue weighted by molar-refractivity contribution is 0.101. The Morgan fingerprint density at radius 1 is 1.19 bits per heavy atom. The molecule has 0 atom stereocenters. The predicted molar refractivity (Wildman–Crippen MR) is 95.9 cm³/mol. The fourth-order valence-corrected chi connectivity index (χ4v) is 2.60. The van der Waals surface area contributed by atoms with E-state index in [1.165, 1.54) is 17.0 Å². The third-order valence-electron chi connectivity index (χ3n) is 4.08. The number of anilines is 1. The molecule has 0 bridgehead atoms. The molecule has 1 aliphatic heterocycles. The van der Waals surface area contributed by atoms with Crippen molar-refractivity contribution in [2.24, 2.45) is 7.05 Å². The van der Waals surface area contributed by atoms with Gasteiger partial charge >= 0.3 is 0 Å². The number of aromatic nitrogens is 4. The Morgan fingerprint density at radius 3 is 2.85 bits per heavy atom. The van der Waals surface area contributed by atoms with Crippen LogP contribution in [0.1, 0.15) is 10.4 Å². The molecule has 3 heterocycles. The third-order valence-corrected chi connectivity index (χ3v) is 4.08. The molecule has 0 radical (unpaired) electrons. The molecule has 0 spiro atoms. The van der Waals surface area contributed by atoms with Gasteiger partial charge in [-0.2, -0.15) is 0 Å². The van der Waals surface area contributed by atoms with Crippen molar-refractivity contribution < 1.29 is 14.3 Å². The number of nitrogens with one attached hydrogen (secondary N) is 1. The summed E-state index contributed by atoms with van der Waals surface area (Å²) in [6, 6.07) is 8.03. The van der Waals surface area contributed by atoms with Crippen molar-refractivity contribution in [3.05, 3.63) is 58.8 Å². The molecule has 9 heteroatoms. The fraction of sp³-hybridized carbons (Fsp3) is 0.167. The number of ether oxygens (including phenoxy) is 2. The van der Waals surface area contributed by atoms with Crippen LogP contribution < -0.4 is 20.3 Å². The Balaban J connectivity index is 1.55. The Bertz CT molecular complexity index is 1070. The van der Waals surface area contributed by atoms with Crippen molar-refractivity contribution in [1.82, 2.24) is 19.5 Å². The highest BCUT2D eigenvalue weighted by atomic mass is 16.7. The van der Waals surface area contributed by atoms with Crippen molar-refractivity contribution in [3.8, 4) is 22.9 Å². The van der Waals surface area contributed by atoms with Gasteiger partial charge in [-0.1, -0.05) is 0 Å². The first-order valence-corrected chi connectivity index (χ1v) is 8.13. The Hall–Kier alpha value is -3.75. The van der Waals surface area contributed by atoms with Crippen molar-refractivity contribution >= 4 is 11.7 Å². The van der Waals surface area contributed by atoms with E-state index >= 15 is 0 Å². The molecule has 27 heavy (non-hydrogen) atoms.